The van der Waals surface area contributed by atoms with Crippen LogP contribution in [0.25, 0.3) is 66.7 Å². The first-order valence-electron chi connectivity index (χ1n) is 10.7. The summed E-state index contributed by atoms with van der Waals surface area (Å²) in [5, 5.41) is 37.6. The summed E-state index contributed by atoms with van der Waals surface area (Å²) in [6, 6.07) is 14.6. The van der Waals surface area contributed by atoms with Gasteiger partial charge in [-0.1, -0.05) is 12.1 Å². The molecule has 0 aliphatic heterocycles. The van der Waals surface area contributed by atoms with Crippen molar-refractivity contribution in [2.75, 3.05) is 0 Å². The molecule has 0 fully saturated rings. The predicted molar refractivity (Wildman–Crippen MR) is 128 cm³/mol. The van der Waals surface area contributed by atoms with Crippen molar-refractivity contribution in [1.82, 2.24) is 49.8 Å². The minimum Gasteiger partial charge on any atom is -0.242 e. The Hall–Kier alpha value is -6.64. The van der Waals surface area contributed by atoms with Crippen LogP contribution in [-0.2, 0) is 0 Å². The van der Waals surface area contributed by atoms with Gasteiger partial charge in [-0.05, 0) is 12.1 Å². The number of nitrogens with zero attached hydrogens (tertiary/aromatic N) is 14. The van der Waals surface area contributed by atoms with Gasteiger partial charge in [0, 0.05) is 0 Å². The van der Waals surface area contributed by atoms with Crippen LogP contribution in [0.3, 0.4) is 0 Å². The molecule has 0 radical (unpaired) electrons. The second-order valence-electron chi connectivity index (χ2n) is 7.83. The molecule has 0 saturated heterocycles. The Kier molecular flexibility index (Phi) is 4.05. The summed E-state index contributed by atoms with van der Waals surface area (Å²) in [7, 11) is 0. The van der Waals surface area contributed by atoms with E-state index in [9.17, 15) is 21.0 Å². The van der Waals surface area contributed by atoms with E-state index in [1.54, 1.807) is 12.1 Å². The Bertz CT molecular complexity index is 2240. The smallest absolute Gasteiger partial charge is 0.199 e. The topological polar surface area (TPSA) is 224 Å². The normalized spacial score (nSPS) is 11.1. The fourth-order valence-electron chi connectivity index (χ4n) is 4.07. The lowest BCUT2D eigenvalue weighted by Gasteiger charge is -2.09. The molecule has 14 nitrogen and oxygen atoms in total. The molecule has 7 rings (SSSR count). The molecule has 170 valence electrons. The van der Waals surface area contributed by atoms with E-state index in [-0.39, 0.29) is 67.4 Å². The number of para-hydroxylation sites is 2. The molecule has 0 N–H and O–H groups in total. The van der Waals surface area contributed by atoms with Crippen molar-refractivity contribution in [3.05, 3.63) is 47.0 Å². The SMILES string of the molecule is N#Cc1nc2nc3c4nc5ccccc5nc4c4nc5nc(C#N)c(C#N)nc5nc4c3nc2nc1C#N. The molecular formula is C24H4N14. The van der Waals surface area contributed by atoms with Crippen molar-refractivity contribution < 1.29 is 0 Å². The highest BCUT2D eigenvalue weighted by molar-refractivity contribution is 6.20. The molecule has 0 spiro atoms. The van der Waals surface area contributed by atoms with Gasteiger partial charge in [-0.15, -0.1) is 0 Å². The third kappa shape index (κ3) is 2.77. The van der Waals surface area contributed by atoms with E-state index < -0.39 is 0 Å². The van der Waals surface area contributed by atoms with Gasteiger partial charge in [-0.3, -0.25) is 0 Å². The Labute approximate surface area is 209 Å². The maximum absolute atomic E-state index is 9.39. The molecule has 38 heavy (non-hydrogen) atoms. The summed E-state index contributed by atoms with van der Waals surface area (Å²) >= 11 is 0. The van der Waals surface area contributed by atoms with Gasteiger partial charge in [0.1, 0.15) is 57.4 Å². The van der Waals surface area contributed by atoms with E-state index in [1.165, 1.54) is 0 Å². The lowest BCUT2D eigenvalue weighted by Crippen LogP contribution is -2.04. The summed E-state index contributed by atoms with van der Waals surface area (Å²) in [4.78, 5) is 44.5. The van der Waals surface area contributed by atoms with E-state index in [2.05, 4.69) is 39.9 Å². The van der Waals surface area contributed by atoms with Crippen LogP contribution >= 0.6 is 0 Å². The zero-order chi connectivity index (χ0) is 26.0. The molecular weight excluding hydrogens is 484 g/mol. The van der Waals surface area contributed by atoms with Crippen LogP contribution < -0.4 is 0 Å². The van der Waals surface area contributed by atoms with E-state index in [1.807, 2.05) is 36.4 Å². The first kappa shape index (κ1) is 20.7. The number of rotatable bonds is 0. The predicted octanol–water partition coefficient (Wildman–Crippen LogP) is 2.04. The van der Waals surface area contributed by atoms with Gasteiger partial charge >= 0.3 is 0 Å². The van der Waals surface area contributed by atoms with E-state index in [0.29, 0.717) is 22.1 Å². The number of hydrogen-bond donors (Lipinski definition) is 0. The van der Waals surface area contributed by atoms with Crippen molar-refractivity contribution in [2.24, 2.45) is 0 Å². The fraction of sp³-hybridized carbons (Fsp3) is 0. The lowest BCUT2D eigenvalue weighted by molar-refractivity contribution is 1.13. The quantitative estimate of drug-likeness (QED) is 0.220. The standard InChI is InChI=1S/C24H4N14/c25-5-11-13(7-27)33-23-21(31-11)35-17-15-16(30-10-4-2-1-3-9(10)29-15)18-20(19(17)37-23)38-24-22(36-18)32-12(6-26)14(8-28)34-24/h1-4H. The third-order valence-electron chi connectivity index (χ3n) is 5.71. The highest BCUT2D eigenvalue weighted by atomic mass is 15.0. The molecule has 0 aliphatic carbocycles. The molecule has 0 bridgehead atoms. The summed E-state index contributed by atoms with van der Waals surface area (Å²) in [5.41, 5.74) is 2.10. The molecule has 0 aliphatic rings. The lowest BCUT2D eigenvalue weighted by atomic mass is 10.1. The minimum atomic E-state index is -0.199. The van der Waals surface area contributed by atoms with E-state index >= 15 is 0 Å². The number of nitriles is 4. The Balaban J connectivity index is 1.75. The zero-order valence-electron chi connectivity index (χ0n) is 18.6. The molecule has 0 unspecified atom stereocenters. The maximum Gasteiger partial charge on any atom is 0.199 e. The monoisotopic (exact) mass is 488 g/mol. The van der Waals surface area contributed by atoms with Crippen LogP contribution in [0, 0.1) is 45.3 Å². The zero-order valence-corrected chi connectivity index (χ0v) is 18.6. The second-order valence-corrected chi connectivity index (χ2v) is 7.83. The van der Waals surface area contributed by atoms with Crippen LogP contribution in [0.4, 0.5) is 0 Å². The highest BCUT2D eigenvalue weighted by Crippen LogP contribution is 2.32. The van der Waals surface area contributed by atoms with Crippen LogP contribution in [0.2, 0.25) is 0 Å². The van der Waals surface area contributed by atoms with Gasteiger partial charge < -0.3 is 0 Å². The molecule has 0 atom stereocenters. The van der Waals surface area contributed by atoms with Gasteiger partial charge in [0.25, 0.3) is 0 Å². The third-order valence-corrected chi connectivity index (χ3v) is 5.71. The van der Waals surface area contributed by atoms with E-state index in [4.69, 9.17) is 9.97 Å². The molecule has 14 heteroatoms. The largest absolute Gasteiger partial charge is 0.242 e. The highest BCUT2D eigenvalue weighted by Gasteiger charge is 2.21. The second kappa shape index (κ2) is 7.43. The van der Waals surface area contributed by atoms with Crippen molar-refractivity contribution in [2.45, 2.75) is 0 Å². The Morgan fingerprint density at radius 3 is 0.895 bits per heavy atom. The first-order valence-corrected chi connectivity index (χ1v) is 10.7. The van der Waals surface area contributed by atoms with E-state index in [0.717, 1.165) is 0 Å². The number of benzene rings is 2. The molecule has 2 aromatic carbocycles. The number of aromatic nitrogens is 10. The average Bonchev–Trinajstić information content (AvgIpc) is 2.97. The van der Waals surface area contributed by atoms with Crippen LogP contribution in [0.5, 0.6) is 0 Å². The molecule has 5 aromatic heterocycles. The number of hydrogen-bond acceptors (Lipinski definition) is 14. The average molecular weight is 488 g/mol. The number of fused-ring (bicyclic) bond motifs is 9. The minimum absolute atomic E-state index is 0.00738. The summed E-state index contributed by atoms with van der Waals surface area (Å²) in [5.74, 6) is 0. The summed E-state index contributed by atoms with van der Waals surface area (Å²) in [6.45, 7) is 0. The van der Waals surface area contributed by atoms with Crippen molar-refractivity contribution in [3.63, 3.8) is 0 Å². The fourth-order valence-corrected chi connectivity index (χ4v) is 4.07. The van der Waals surface area contributed by atoms with Gasteiger partial charge in [0.05, 0.1) is 11.0 Å². The summed E-state index contributed by atoms with van der Waals surface area (Å²) in [6.07, 6.45) is 0. The van der Waals surface area contributed by atoms with Crippen LogP contribution in [0.15, 0.2) is 24.3 Å². The van der Waals surface area contributed by atoms with Crippen LogP contribution in [-0.4, -0.2) is 49.8 Å². The molecule has 5 heterocycles. The first-order chi connectivity index (χ1) is 18.6. The van der Waals surface area contributed by atoms with Gasteiger partial charge in [-0.2, -0.15) is 21.0 Å². The van der Waals surface area contributed by atoms with Crippen LogP contribution in [0.1, 0.15) is 22.8 Å². The summed E-state index contributed by atoms with van der Waals surface area (Å²) < 4.78 is 0. The van der Waals surface area contributed by atoms with Gasteiger partial charge in [0.2, 0.25) is 0 Å². The Morgan fingerprint density at radius 1 is 0.368 bits per heavy atom. The molecule has 7 aromatic rings. The van der Waals surface area contributed by atoms with Crippen molar-refractivity contribution in [1.29, 1.82) is 21.0 Å². The molecule has 0 amide bonds. The van der Waals surface area contributed by atoms with Gasteiger partial charge in [0.15, 0.2) is 45.4 Å². The maximum atomic E-state index is 9.39. The van der Waals surface area contributed by atoms with Crippen molar-refractivity contribution in [3.8, 4) is 24.3 Å². The van der Waals surface area contributed by atoms with Gasteiger partial charge in [-0.25, -0.2) is 49.8 Å². The Morgan fingerprint density at radius 2 is 0.632 bits per heavy atom. The molecule has 0 saturated carbocycles. The van der Waals surface area contributed by atoms with Crippen molar-refractivity contribution >= 4 is 66.7 Å².